The van der Waals surface area contributed by atoms with Gasteiger partial charge in [0.15, 0.2) is 11.4 Å². The van der Waals surface area contributed by atoms with Crippen LogP contribution in [-0.4, -0.2) is 22.8 Å². The average molecular weight is 339 g/mol. The van der Waals surface area contributed by atoms with Gasteiger partial charge in [-0.3, -0.25) is 9.59 Å². The molecule has 0 atom stereocenters. The van der Waals surface area contributed by atoms with Crippen molar-refractivity contribution in [1.82, 2.24) is 9.78 Å². The van der Waals surface area contributed by atoms with E-state index in [2.05, 4.69) is 10.4 Å². The van der Waals surface area contributed by atoms with Crippen LogP contribution in [-0.2, 0) is 0 Å². The van der Waals surface area contributed by atoms with Gasteiger partial charge in [-0.25, -0.2) is 4.39 Å². The molecule has 3 rings (SSSR count). The molecular weight excluding hydrogens is 325 g/mol. The minimum Gasteiger partial charge on any atom is -0.494 e. The van der Waals surface area contributed by atoms with Crippen molar-refractivity contribution in [2.75, 3.05) is 12.4 Å². The van der Waals surface area contributed by atoms with Gasteiger partial charge in [0, 0.05) is 0 Å². The van der Waals surface area contributed by atoms with Crippen LogP contribution in [0.5, 0.6) is 5.75 Å². The molecule has 0 saturated carbocycles. The summed E-state index contributed by atoms with van der Waals surface area (Å²) in [4.78, 5) is 24.7. The molecule has 1 heterocycles. The van der Waals surface area contributed by atoms with Crippen LogP contribution < -0.4 is 15.6 Å². The number of hydrogen-bond acceptors (Lipinski definition) is 4. The molecule has 0 aliphatic rings. The highest BCUT2D eigenvalue weighted by Gasteiger charge is 2.19. The van der Waals surface area contributed by atoms with Crippen molar-refractivity contribution in [2.24, 2.45) is 0 Å². The van der Waals surface area contributed by atoms with Gasteiger partial charge in [-0.15, -0.1) is 0 Å². The van der Waals surface area contributed by atoms with Crippen LogP contribution in [0.4, 0.5) is 10.1 Å². The Bertz CT molecular complexity index is 971. The lowest BCUT2D eigenvalue weighted by Crippen LogP contribution is -2.26. The zero-order valence-electron chi connectivity index (χ0n) is 13.3. The molecule has 25 heavy (non-hydrogen) atoms. The molecule has 2 aromatic carbocycles. The number of carbonyl (C=O) groups excluding carboxylic acids is 1. The number of anilines is 1. The zero-order chi connectivity index (χ0) is 17.8. The van der Waals surface area contributed by atoms with Gasteiger partial charge in [-0.1, -0.05) is 30.3 Å². The molecule has 6 nitrogen and oxygen atoms in total. The fourth-order valence-corrected chi connectivity index (χ4v) is 2.25. The van der Waals surface area contributed by atoms with Crippen LogP contribution in [0.2, 0.25) is 0 Å². The molecule has 0 aliphatic heterocycles. The quantitative estimate of drug-likeness (QED) is 0.793. The Balaban J connectivity index is 2.04. The normalized spacial score (nSPS) is 10.3. The Morgan fingerprint density at radius 1 is 1.12 bits per heavy atom. The summed E-state index contributed by atoms with van der Waals surface area (Å²) in [5.41, 5.74) is -0.0800. The van der Waals surface area contributed by atoms with E-state index in [4.69, 9.17) is 4.74 Å². The number of nitrogens with one attached hydrogen (secondary N) is 1. The van der Waals surface area contributed by atoms with Crippen LogP contribution in [0.15, 0.2) is 65.5 Å². The lowest BCUT2D eigenvalue weighted by molar-refractivity contribution is 0.101. The van der Waals surface area contributed by atoms with E-state index in [0.717, 1.165) is 10.7 Å². The lowest BCUT2D eigenvalue weighted by atomic mass is 10.2. The Kier molecular flexibility index (Phi) is 4.56. The molecule has 0 unspecified atom stereocenters. The fraction of sp³-hybridized carbons (Fsp3) is 0.0556. The molecule has 0 fully saturated rings. The summed E-state index contributed by atoms with van der Waals surface area (Å²) in [6, 6.07) is 15.6. The van der Waals surface area contributed by atoms with Crippen LogP contribution in [0.3, 0.4) is 0 Å². The number of para-hydroxylation sites is 2. The van der Waals surface area contributed by atoms with Crippen molar-refractivity contribution in [3.63, 3.8) is 0 Å². The SMILES string of the molecule is COc1cc(=O)n(-c2ccccc2)nc1C(=O)Nc1ccccc1F. The summed E-state index contributed by atoms with van der Waals surface area (Å²) in [6.07, 6.45) is 0. The van der Waals surface area contributed by atoms with Gasteiger partial charge in [0.05, 0.1) is 24.6 Å². The number of nitrogens with zero attached hydrogens (tertiary/aromatic N) is 2. The second-order valence-electron chi connectivity index (χ2n) is 5.08. The van der Waals surface area contributed by atoms with Crippen molar-refractivity contribution in [3.8, 4) is 11.4 Å². The molecule has 0 saturated heterocycles. The number of hydrogen-bond donors (Lipinski definition) is 1. The lowest BCUT2D eigenvalue weighted by Gasteiger charge is -2.11. The van der Waals surface area contributed by atoms with Crippen molar-refractivity contribution in [3.05, 3.63) is 82.5 Å². The van der Waals surface area contributed by atoms with Gasteiger partial charge in [0.1, 0.15) is 5.82 Å². The maximum atomic E-state index is 13.7. The molecule has 3 aromatic rings. The predicted octanol–water partition coefficient (Wildman–Crippen LogP) is 2.63. The summed E-state index contributed by atoms with van der Waals surface area (Å²) in [7, 11) is 1.32. The van der Waals surface area contributed by atoms with Gasteiger partial charge in [0.2, 0.25) is 0 Å². The molecule has 1 aromatic heterocycles. The molecule has 0 bridgehead atoms. The monoisotopic (exact) mass is 339 g/mol. The summed E-state index contributed by atoms with van der Waals surface area (Å²) >= 11 is 0. The summed E-state index contributed by atoms with van der Waals surface area (Å²) in [6.45, 7) is 0. The number of aromatic nitrogens is 2. The number of methoxy groups -OCH3 is 1. The number of rotatable bonds is 4. The van der Waals surface area contributed by atoms with E-state index < -0.39 is 17.3 Å². The predicted molar refractivity (Wildman–Crippen MR) is 90.7 cm³/mol. The first kappa shape index (κ1) is 16.4. The third-order valence-electron chi connectivity index (χ3n) is 3.45. The summed E-state index contributed by atoms with van der Waals surface area (Å²) in [5.74, 6) is -1.26. The fourth-order valence-electron chi connectivity index (χ4n) is 2.25. The smallest absolute Gasteiger partial charge is 0.280 e. The molecule has 0 aliphatic carbocycles. The third-order valence-corrected chi connectivity index (χ3v) is 3.45. The maximum Gasteiger partial charge on any atom is 0.280 e. The van der Waals surface area contributed by atoms with Gasteiger partial charge in [-0.2, -0.15) is 9.78 Å². The van der Waals surface area contributed by atoms with Crippen molar-refractivity contribution < 1.29 is 13.9 Å². The van der Waals surface area contributed by atoms with E-state index in [9.17, 15) is 14.0 Å². The molecule has 126 valence electrons. The molecule has 1 N–H and O–H groups in total. The highest BCUT2D eigenvalue weighted by molar-refractivity contribution is 6.04. The van der Waals surface area contributed by atoms with E-state index in [-0.39, 0.29) is 17.1 Å². The molecule has 7 heteroatoms. The minimum absolute atomic E-state index is 0.00557. The second kappa shape index (κ2) is 6.96. The highest BCUT2D eigenvalue weighted by atomic mass is 19.1. The van der Waals surface area contributed by atoms with Crippen molar-refractivity contribution >= 4 is 11.6 Å². The van der Waals surface area contributed by atoms with Crippen LogP contribution >= 0.6 is 0 Å². The number of halogens is 1. The third kappa shape index (κ3) is 3.40. The molecule has 1 amide bonds. The van der Waals surface area contributed by atoms with Crippen LogP contribution in [0.1, 0.15) is 10.5 Å². The first-order valence-corrected chi connectivity index (χ1v) is 7.40. The van der Waals surface area contributed by atoms with E-state index in [0.29, 0.717) is 5.69 Å². The minimum atomic E-state index is -0.688. The molecule has 0 spiro atoms. The zero-order valence-corrected chi connectivity index (χ0v) is 13.3. The molecular formula is C18H14FN3O3. The van der Waals surface area contributed by atoms with E-state index in [1.807, 2.05) is 0 Å². The topological polar surface area (TPSA) is 73.2 Å². The van der Waals surface area contributed by atoms with E-state index in [1.165, 1.54) is 25.3 Å². The van der Waals surface area contributed by atoms with Gasteiger partial charge in [0.25, 0.3) is 11.5 Å². The van der Waals surface area contributed by atoms with E-state index >= 15 is 0 Å². The van der Waals surface area contributed by atoms with Gasteiger partial charge < -0.3 is 10.1 Å². The van der Waals surface area contributed by atoms with Gasteiger partial charge >= 0.3 is 0 Å². The Morgan fingerprint density at radius 3 is 2.48 bits per heavy atom. The van der Waals surface area contributed by atoms with Crippen molar-refractivity contribution in [2.45, 2.75) is 0 Å². The number of amides is 1. The summed E-state index contributed by atoms with van der Waals surface area (Å²) < 4.78 is 19.9. The maximum absolute atomic E-state index is 13.7. The molecule has 0 radical (unpaired) electrons. The Labute approximate surface area is 142 Å². The Hall–Kier alpha value is -3.48. The average Bonchev–Trinajstić information content (AvgIpc) is 2.64. The van der Waals surface area contributed by atoms with Crippen molar-refractivity contribution in [1.29, 1.82) is 0 Å². The van der Waals surface area contributed by atoms with E-state index in [1.54, 1.807) is 36.4 Å². The Morgan fingerprint density at radius 2 is 1.80 bits per heavy atom. The first-order valence-electron chi connectivity index (χ1n) is 7.40. The second-order valence-corrected chi connectivity index (χ2v) is 5.08. The number of benzene rings is 2. The largest absolute Gasteiger partial charge is 0.494 e. The van der Waals surface area contributed by atoms with Crippen LogP contribution in [0.25, 0.3) is 5.69 Å². The number of carbonyl (C=O) groups is 1. The standard InChI is InChI=1S/C18H14FN3O3/c1-25-15-11-16(23)22(12-7-3-2-4-8-12)21-17(15)18(24)20-14-10-6-5-9-13(14)19/h2-11H,1H3,(H,20,24). The van der Waals surface area contributed by atoms with Gasteiger partial charge in [-0.05, 0) is 24.3 Å². The highest BCUT2D eigenvalue weighted by Crippen LogP contribution is 2.18. The van der Waals surface area contributed by atoms with Crippen LogP contribution in [0, 0.1) is 5.82 Å². The summed E-state index contributed by atoms with van der Waals surface area (Å²) in [5, 5.41) is 6.51. The first-order chi connectivity index (χ1) is 12.1. The number of ether oxygens (including phenoxy) is 1.